The third kappa shape index (κ3) is 1.09. The largest absolute Gasteiger partial charge is 0.383 e. The summed E-state index contributed by atoms with van der Waals surface area (Å²) in [6, 6.07) is 0. The number of anilines is 2. The number of imidazole rings is 1. The van der Waals surface area contributed by atoms with Crippen LogP contribution in [0, 0.1) is 0 Å². The average molecular weight is 177 g/mol. The Morgan fingerprint density at radius 2 is 2.23 bits per heavy atom. The highest BCUT2D eigenvalue weighted by Gasteiger charge is 2.06. The Kier molecular flexibility index (Phi) is 1.58. The molecule has 0 amide bonds. The second-order valence-electron chi connectivity index (χ2n) is 2.84. The number of nitrogens with zero attached hydrogens (tertiary/aromatic N) is 3. The summed E-state index contributed by atoms with van der Waals surface area (Å²) in [7, 11) is 0. The molecular weight excluding hydrogens is 166 g/mol. The third-order valence-corrected chi connectivity index (χ3v) is 1.98. The normalized spacial score (nSPS) is 10.8. The van der Waals surface area contributed by atoms with Crippen LogP contribution in [0.2, 0.25) is 0 Å². The predicted molar refractivity (Wildman–Crippen MR) is 51.2 cm³/mol. The van der Waals surface area contributed by atoms with Crippen LogP contribution in [0.15, 0.2) is 12.4 Å². The van der Waals surface area contributed by atoms with Crippen molar-refractivity contribution >= 4 is 17.3 Å². The number of aromatic nitrogens is 3. The van der Waals surface area contributed by atoms with Gasteiger partial charge in [-0.1, -0.05) is 6.92 Å². The van der Waals surface area contributed by atoms with E-state index in [2.05, 4.69) is 9.97 Å². The first kappa shape index (κ1) is 7.85. The van der Waals surface area contributed by atoms with Crippen molar-refractivity contribution in [3.05, 3.63) is 18.1 Å². The van der Waals surface area contributed by atoms with Crippen molar-refractivity contribution in [2.45, 2.75) is 13.3 Å². The van der Waals surface area contributed by atoms with Crippen LogP contribution in [0.25, 0.3) is 5.65 Å². The van der Waals surface area contributed by atoms with Crippen molar-refractivity contribution < 1.29 is 0 Å². The Labute approximate surface area is 75.4 Å². The number of nitrogen functional groups attached to an aromatic ring is 2. The highest BCUT2D eigenvalue weighted by Crippen LogP contribution is 2.15. The fourth-order valence-electron chi connectivity index (χ4n) is 1.30. The summed E-state index contributed by atoms with van der Waals surface area (Å²) in [6.45, 7) is 2.01. The quantitative estimate of drug-likeness (QED) is 0.662. The van der Waals surface area contributed by atoms with Crippen LogP contribution in [0.5, 0.6) is 0 Å². The zero-order chi connectivity index (χ0) is 9.42. The van der Waals surface area contributed by atoms with E-state index in [1.165, 1.54) is 0 Å². The van der Waals surface area contributed by atoms with Crippen molar-refractivity contribution in [3.8, 4) is 0 Å². The van der Waals surface area contributed by atoms with E-state index in [-0.39, 0.29) is 0 Å². The van der Waals surface area contributed by atoms with Gasteiger partial charge in [-0.3, -0.25) is 4.40 Å². The molecular formula is C8H11N5. The topological polar surface area (TPSA) is 82.2 Å². The molecule has 0 aliphatic rings. The molecule has 0 spiro atoms. The van der Waals surface area contributed by atoms with E-state index in [9.17, 15) is 0 Å². The standard InChI is InChI=1S/C8H11N5/c1-2-5-8(10)13-4-6(9)11-3-7(13)12-5/h3-4H,2,9-10H2,1H3. The maximum atomic E-state index is 5.84. The van der Waals surface area contributed by atoms with Crippen LogP contribution >= 0.6 is 0 Å². The summed E-state index contributed by atoms with van der Waals surface area (Å²) in [5.74, 6) is 1.09. The lowest BCUT2D eigenvalue weighted by Gasteiger charge is -1.96. The molecule has 0 aliphatic carbocycles. The fourth-order valence-corrected chi connectivity index (χ4v) is 1.30. The van der Waals surface area contributed by atoms with E-state index < -0.39 is 0 Å². The first-order valence-corrected chi connectivity index (χ1v) is 4.10. The van der Waals surface area contributed by atoms with Gasteiger partial charge in [0, 0.05) is 0 Å². The second-order valence-corrected chi connectivity index (χ2v) is 2.84. The SMILES string of the molecule is CCc1nc2cnc(N)cn2c1N. The van der Waals surface area contributed by atoms with Crippen LogP contribution in [0.3, 0.4) is 0 Å². The number of aryl methyl sites for hydroxylation is 1. The lowest BCUT2D eigenvalue weighted by atomic mass is 10.3. The van der Waals surface area contributed by atoms with Crippen LogP contribution in [-0.2, 0) is 6.42 Å². The summed E-state index contributed by atoms with van der Waals surface area (Å²) in [5, 5.41) is 0. The van der Waals surface area contributed by atoms with E-state index in [0.717, 1.165) is 17.8 Å². The van der Waals surface area contributed by atoms with Crippen LogP contribution in [-0.4, -0.2) is 14.4 Å². The second kappa shape index (κ2) is 2.62. The smallest absolute Gasteiger partial charge is 0.157 e. The zero-order valence-electron chi connectivity index (χ0n) is 7.36. The third-order valence-electron chi connectivity index (χ3n) is 1.98. The Morgan fingerprint density at radius 3 is 2.92 bits per heavy atom. The number of rotatable bonds is 1. The molecule has 5 heteroatoms. The minimum atomic E-state index is 0.444. The minimum absolute atomic E-state index is 0.444. The molecule has 2 rings (SSSR count). The molecule has 0 saturated carbocycles. The molecule has 4 N–H and O–H groups in total. The Bertz CT molecular complexity index is 445. The molecule has 2 aromatic heterocycles. The van der Waals surface area contributed by atoms with Crippen LogP contribution in [0.1, 0.15) is 12.6 Å². The van der Waals surface area contributed by atoms with E-state index in [4.69, 9.17) is 11.5 Å². The van der Waals surface area contributed by atoms with Gasteiger partial charge < -0.3 is 11.5 Å². The molecule has 5 nitrogen and oxygen atoms in total. The number of nitrogens with two attached hydrogens (primary N) is 2. The molecule has 0 aromatic carbocycles. The van der Waals surface area contributed by atoms with Gasteiger partial charge in [-0.25, -0.2) is 9.97 Å². The highest BCUT2D eigenvalue weighted by atomic mass is 15.1. The van der Waals surface area contributed by atoms with Crippen molar-refractivity contribution in [3.63, 3.8) is 0 Å². The minimum Gasteiger partial charge on any atom is -0.383 e. The monoisotopic (exact) mass is 177 g/mol. The average Bonchev–Trinajstić information content (AvgIpc) is 2.44. The lowest BCUT2D eigenvalue weighted by molar-refractivity contribution is 1.07. The molecule has 0 saturated heterocycles. The molecule has 13 heavy (non-hydrogen) atoms. The van der Waals surface area contributed by atoms with Gasteiger partial charge in [0.25, 0.3) is 0 Å². The van der Waals surface area contributed by atoms with Crippen molar-refractivity contribution in [1.82, 2.24) is 14.4 Å². The predicted octanol–water partition coefficient (Wildman–Crippen LogP) is 0.456. The van der Waals surface area contributed by atoms with E-state index in [1.54, 1.807) is 16.8 Å². The molecule has 0 radical (unpaired) electrons. The molecule has 0 fully saturated rings. The highest BCUT2D eigenvalue weighted by molar-refractivity contribution is 5.53. The van der Waals surface area contributed by atoms with Gasteiger partial charge >= 0.3 is 0 Å². The fraction of sp³-hybridized carbons (Fsp3) is 0.250. The summed E-state index contributed by atoms with van der Waals surface area (Å²) >= 11 is 0. The van der Waals surface area contributed by atoms with Gasteiger partial charge in [0.1, 0.15) is 11.6 Å². The van der Waals surface area contributed by atoms with Gasteiger partial charge in [-0.15, -0.1) is 0 Å². The van der Waals surface area contributed by atoms with Gasteiger partial charge in [-0.2, -0.15) is 0 Å². The number of hydrogen-bond acceptors (Lipinski definition) is 4. The van der Waals surface area contributed by atoms with Crippen LogP contribution < -0.4 is 11.5 Å². The Morgan fingerprint density at radius 1 is 1.46 bits per heavy atom. The van der Waals surface area contributed by atoms with Crippen LogP contribution in [0.4, 0.5) is 11.6 Å². The molecule has 2 heterocycles. The van der Waals surface area contributed by atoms with E-state index >= 15 is 0 Å². The number of hydrogen-bond donors (Lipinski definition) is 2. The molecule has 0 aliphatic heterocycles. The summed E-state index contributed by atoms with van der Waals surface area (Å²) in [6.07, 6.45) is 4.11. The first-order chi connectivity index (χ1) is 6.22. The van der Waals surface area contributed by atoms with Crippen molar-refractivity contribution in [1.29, 1.82) is 0 Å². The first-order valence-electron chi connectivity index (χ1n) is 4.10. The lowest BCUT2D eigenvalue weighted by Crippen LogP contribution is -1.98. The Balaban J connectivity index is 2.77. The van der Waals surface area contributed by atoms with Crippen molar-refractivity contribution in [2.75, 3.05) is 11.5 Å². The summed E-state index contributed by atoms with van der Waals surface area (Å²) < 4.78 is 1.75. The Hall–Kier alpha value is -1.78. The maximum absolute atomic E-state index is 5.84. The van der Waals surface area contributed by atoms with Gasteiger partial charge in [-0.05, 0) is 6.42 Å². The zero-order valence-corrected chi connectivity index (χ0v) is 7.36. The van der Waals surface area contributed by atoms with Gasteiger partial charge in [0.05, 0.1) is 18.1 Å². The van der Waals surface area contributed by atoms with Gasteiger partial charge in [0.15, 0.2) is 5.65 Å². The van der Waals surface area contributed by atoms with Crippen molar-refractivity contribution in [2.24, 2.45) is 0 Å². The molecule has 0 atom stereocenters. The van der Waals surface area contributed by atoms with E-state index in [0.29, 0.717) is 11.6 Å². The molecule has 0 bridgehead atoms. The summed E-state index contributed by atoms with van der Waals surface area (Å²) in [5.41, 5.74) is 13.0. The summed E-state index contributed by atoms with van der Waals surface area (Å²) in [4.78, 5) is 8.23. The molecule has 68 valence electrons. The van der Waals surface area contributed by atoms with E-state index in [1.807, 2.05) is 6.92 Å². The van der Waals surface area contributed by atoms with Gasteiger partial charge in [0.2, 0.25) is 0 Å². The molecule has 2 aromatic rings. The number of fused-ring (bicyclic) bond motifs is 1. The molecule has 0 unspecified atom stereocenters. The maximum Gasteiger partial charge on any atom is 0.157 e.